The molecule has 5 nitrogen and oxygen atoms in total. The fourth-order valence-corrected chi connectivity index (χ4v) is 3.95. The number of aryl methyl sites for hydroxylation is 4. The van der Waals surface area contributed by atoms with Crippen molar-refractivity contribution in [1.82, 2.24) is 25.0 Å². The van der Waals surface area contributed by atoms with Crippen molar-refractivity contribution in [2.75, 3.05) is 0 Å². The van der Waals surface area contributed by atoms with Crippen LogP contribution in [0.3, 0.4) is 0 Å². The van der Waals surface area contributed by atoms with Crippen LogP contribution < -0.4 is 0 Å². The van der Waals surface area contributed by atoms with Gasteiger partial charge in [-0.25, -0.2) is 9.97 Å². The van der Waals surface area contributed by atoms with E-state index >= 15 is 0 Å². The molecule has 0 spiro atoms. The molecular formula is C20H17Cl2N5. The summed E-state index contributed by atoms with van der Waals surface area (Å²) in [6.45, 7) is 8.05. The van der Waals surface area contributed by atoms with Crippen molar-refractivity contribution in [3.8, 4) is 16.9 Å². The largest absolute Gasteiger partial charge is 0.231 e. The second-order valence-electron chi connectivity index (χ2n) is 6.66. The van der Waals surface area contributed by atoms with Crippen LogP contribution in [0.5, 0.6) is 0 Å². The third kappa shape index (κ3) is 3.07. The van der Waals surface area contributed by atoms with Gasteiger partial charge in [0.25, 0.3) is 0 Å². The molecule has 2 aromatic heterocycles. The first-order valence-electron chi connectivity index (χ1n) is 8.49. The molecule has 0 fully saturated rings. The lowest BCUT2D eigenvalue weighted by atomic mass is 10.1. The van der Waals surface area contributed by atoms with Gasteiger partial charge in [-0.1, -0.05) is 46.1 Å². The number of aromatic nitrogens is 5. The zero-order valence-electron chi connectivity index (χ0n) is 15.4. The second kappa shape index (κ2) is 6.59. The molecule has 0 unspecified atom stereocenters. The maximum atomic E-state index is 6.41. The molecule has 0 bridgehead atoms. The summed E-state index contributed by atoms with van der Waals surface area (Å²) in [4.78, 5) is 9.18. The van der Waals surface area contributed by atoms with Crippen molar-refractivity contribution in [2.24, 2.45) is 0 Å². The molecule has 2 aromatic carbocycles. The second-order valence-corrected chi connectivity index (χ2v) is 7.51. The van der Waals surface area contributed by atoms with E-state index in [9.17, 15) is 0 Å². The molecular weight excluding hydrogens is 381 g/mol. The van der Waals surface area contributed by atoms with Crippen molar-refractivity contribution in [1.29, 1.82) is 0 Å². The molecule has 0 radical (unpaired) electrons. The van der Waals surface area contributed by atoms with E-state index in [-0.39, 0.29) is 0 Å². The Morgan fingerprint density at radius 1 is 0.889 bits per heavy atom. The molecule has 0 aliphatic heterocycles. The van der Waals surface area contributed by atoms with Crippen molar-refractivity contribution in [3.63, 3.8) is 0 Å². The van der Waals surface area contributed by atoms with E-state index in [4.69, 9.17) is 23.2 Å². The van der Waals surface area contributed by atoms with Crippen LogP contribution in [0.2, 0.25) is 10.0 Å². The summed E-state index contributed by atoms with van der Waals surface area (Å²) in [5.41, 5.74) is 7.06. The van der Waals surface area contributed by atoms with Crippen LogP contribution in [-0.4, -0.2) is 25.0 Å². The van der Waals surface area contributed by atoms with E-state index in [1.165, 1.54) is 5.56 Å². The number of hydrogen-bond acceptors (Lipinski definition) is 4. The SMILES string of the molecule is Cc1cc(C)c(-n2nnc3c(-c4ccc(Cl)cc4Cl)nc(C)nc32)c(C)c1. The Hall–Kier alpha value is -2.50. The highest BCUT2D eigenvalue weighted by atomic mass is 35.5. The molecule has 4 aromatic rings. The van der Waals surface area contributed by atoms with E-state index in [2.05, 4.69) is 53.2 Å². The monoisotopic (exact) mass is 397 g/mol. The van der Waals surface area contributed by atoms with E-state index in [1.807, 2.05) is 13.0 Å². The van der Waals surface area contributed by atoms with Gasteiger partial charge < -0.3 is 0 Å². The topological polar surface area (TPSA) is 56.5 Å². The van der Waals surface area contributed by atoms with Gasteiger partial charge in [-0.3, -0.25) is 0 Å². The smallest absolute Gasteiger partial charge is 0.187 e. The molecule has 0 saturated heterocycles. The molecule has 0 aliphatic carbocycles. The van der Waals surface area contributed by atoms with Crippen LogP contribution in [0.1, 0.15) is 22.5 Å². The van der Waals surface area contributed by atoms with E-state index in [0.29, 0.717) is 32.7 Å². The Morgan fingerprint density at radius 2 is 1.59 bits per heavy atom. The fourth-order valence-electron chi connectivity index (χ4n) is 3.45. The van der Waals surface area contributed by atoms with E-state index < -0.39 is 0 Å². The lowest BCUT2D eigenvalue weighted by molar-refractivity contribution is 0.805. The van der Waals surface area contributed by atoms with Crippen molar-refractivity contribution in [3.05, 3.63) is 62.9 Å². The summed E-state index contributed by atoms with van der Waals surface area (Å²) in [6.07, 6.45) is 0. The number of rotatable bonds is 2. The molecule has 4 rings (SSSR count). The van der Waals surface area contributed by atoms with Gasteiger partial charge >= 0.3 is 0 Å². The number of hydrogen-bond donors (Lipinski definition) is 0. The first-order chi connectivity index (χ1) is 12.8. The van der Waals surface area contributed by atoms with Crippen LogP contribution >= 0.6 is 23.2 Å². The summed E-state index contributed by atoms with van der Waals surface area (Å²) < 4.78 is 1.78. The Balaban J connectivity index is 2.02. The minimum atomic E-state index is 0.513. The molecule has 27 heavy (non-hydrogen) atoms. The van der Waals surface area contributed by atoms with Crippen LogP contribution in [-0.2, 0) is 0 Å². The van der Waals surface area contributed by atoms with Gasteiger partial charge in [0.05, 0.1) is 10.7 Å². The standard InChI is InChI=1S/C20H17Cl2N5/c1-10-7-11(2)19(12(3)8-10)27-20-18(25-26-27)17(23-13(4)24-20)15-6-5-14(21)9-16(15)22/h5-9H,1-4H3. The third-order valence-corrected chi connectivity index (χ3v) is 4.99. The molecule has 2 heterocycles. The van der Waals surface area contributed by atoms with Gasteiger partial charge in [-0.15, -0.1) is 5.10 Å². The minimum Gasteiger partial charge on any atom is -0.231 e. The van der Waals surface area contributed by atoms with Crippen LogP contribution in [0.4, 0.5) is 0 Å². The Labute approximate surface area is 167 Å². The van der Waals surface area contributed by atoms with Crippen molar-refractivity contribution >= 4 is 34.4 Å². The summed E-state index contributed by atoms with van der Waals surface area (Å²) in [6, 6.07) is 9.57. The van der Waals surface area contributed by atoms with Gasteiger partial charge in [0.15, 0.2) is 11.2 Å². The summed E-state index contributed by atoms with van der Waals surface area (Å²) in [5, 5.41) is 9.85. The molecule has 0 N–H and O–H groups in total. The summed E-state index contributed by atoms with van der Waals surface area (Å²) in [7, 11) is 0. The van der Waals surface area contributed by atoms with Crippen molar-refractivity contribution < 1.29 is 0 Å². The van der Waals surface area contributed by atoms with E-state index in [0.717, 1.165) is 22.4 Å². The third-order valence-electron chi connectivity index (χ3n) is 4.45. The average molecular weight is 398 g/mol. The molecule has 0 aliphatic rings. The number of nitrogens with zero attached hydrogens (tertiary/aromatic N) is 5. The quantitative estimate of drug-likeness (QED) is 0.453. The highest BCUT2D eigenvalue weighted by molar-refractivity contribution is 6.36. The van der Waals surface area contributed by atoms with Crippen molar-refractivity contribution in [2.45, 2.75) is 27.7 Å². The fraction of sp³-hybridized carbons (Fsp3) is 0.200. The predicted molar refractivity (Wildman–Crippen MR) is 109 cm³/mol. The van der Waals surface area contributed by atoms with E-state index in [1.54, 1.807) is 16.8 Å². The zero-order chi connectivity index (χ0) is 19.3. The lowest BCUT2D eigenvalue weighted by Crippen LogP contribution is -2.05. The normalized spacial score (nSPS) is 11.3. The number of fused-ring (bicyclic) bond motifs is 1. The predicted octanol–water partition coefficient (Wildman–Crippen LogP) is 5.42. The molecule has 0 atom stereocenters. The molecule has 136 valence electrons. The van der Waals surface area contributed by atoms with Crippen LogP contribution in [0.25, 0.3) is 28.1 Å². The van der Waals surface area contributed by atoms with Gasteiger partial charge in [0, 0.05) is 10.6 Å². The van der Waals surface area contributed by atoms with Gasteiger partial charge in [0.2, 0.25) is 0 Å². The molecule has 0 amide bonds. The highest BCUT2D eigenvalue weighted by Gasteiger charge is 2.19. The zero-order valence-corrected chi connectivity index (χ0v) is 16.9. The summed E-state index contributed by atoms with van der Waals surface area (Å²) >= 11 is 12.4. The first kappa shape index (κ1) is 17.9. The number of halogens is 2. The van der Waals surface area contributed by atoms with Crippen LogP contribution in [0.15, 0.2) is 30.3 Å². The minimum absolute atomic E-state index is 0.513. The molecule has 7 heteroatoms. The Morgan fingerprint density at radius 3 is 2.26 bits per heavy atom. The summed E-state index contributed by atoms with van der Waals surface area (Å²) in [5.74, 6) is 0.620. The van der Waals surface area contributed by atoms with Gasteiger partial charge in [-0.05, 0) is 57.0 Å². The first-order valence-corrected chi connectivity index (χ1v) is 9.24. The Kier molecular flexibility index (Phi) is 4.36. The maximum Gasteiger partial charge on any atom is 0.187 e. The number of benzene rings is 2. The average Bonchev–Trinajstić information content (AvgIpc) is 2.97. The molecule has 0 saturated carbocycles. The van der Waals surface area contributed by atoms with Crippen LogP contribution in [0, 0.1) is 27.7 Å². The highest BCUT2D eigenvalue weighted by Crippen LogP contribution is 2.33. The van der Waals surface area contributed by atoms with Gasteiger partial charge in [-0.2, -0.15) is 4.68 Å². The van der Waals surface area contributed by atoms with Gasteiger partial charge in [0.1, 0.15) is 11.5 Å². The lowest BCUT2D eigenvalue weighted by Gasteiger charge is -2.11. The Bertz CT molecular complexity index is 1170. The maximum absolute atomic E-state index is 6.41.